The molecule has 2 fully saturated rings. The second-order valence-electron chi connectivity index (χ2n) is 8.69. The molecule has 0 aromatic heterocycles. The largest absolute Gasteiger partial charge is 0.497 e. The molecule has 4 atom stereocenters. The monoisotopic (exact) mass is 466 g/mol. The van der Waals surface area contributed by atoms with Crippen LogP contribution in [0.1, 0.15) is 25.5 Å². The molecule has 5 rings (SSSR count). The first-order chi connectivity index (χ1) is 16.4. The molecule has 0 unspecified atom stereocenters. The van der Waals surface area contributed by atoms with Gasteiger partial charge in [-0.25, -0.2) is 9.69 Å². The summed E-state index contributed by atoms with van der Waals surface area (Å²) < 4.78 is 21.9. The van der Waals surface area contributed by atoms with Crippen molar-refractivity contribution < 1.29 is 33.3 Å². The van der Waals surface area contributed by atoms with Gasteiger partial charge in [0, 0.05) is 17.5 Å². The van der Waals surface area contributed by atoms with Crippen LogP contribution in [0.25, 0.3) is 0 Å². The summed E-state index contributed by atoms with van der Waals surface area (Å²) in [5, 5.41) is 0. The van der Waals surface area contributed by atoms with Crippen molar-refractivity contribution in [1.29, 1.82) is 0 Å². The summed E-state index contributed by atoms with van der Waals surface area (Å²) in [5.41, 5.74) is -0.288. The smallest absolute Gasteiger partial charge is 0.332 e. The highest BCUT2D eigenvalue weighted by atomic mass is 16.5. The highest BCUT2D eigenvalue weighted by Crippen LogP contribution is 2.58. The van der Waals surface area contributed by atoms with Crippen LogP contribution in [0.4, 0.5) is 10.5 Å². The van der Waals surface area contributed by atoms with Crippen molar-refractivity contribution in [3.8, 4) is 17.2 Å². The number of hydrogen-bond acceptors (Lipinski definition) is 7. The average molecular weight is 466 g/mol. The fourth-order valence-electron chi connectivity index (χ4n) is 5.55. The van der Waals surface area contributed by atoms with Crippen LogP contribution >= 0.6 is 0 Å². The summed E-state index contributed by atoms with van der Waals surface area (Å²) in [6, 6.07) is 11.0. The summed E-state index contributed by atoms with van der Waals surface area (Å²) in [6.45, 7) is 3.71. The number of carbonyl (C=O) groups is 3. The van der Waals surface area contributed by atoms with Gasteiger partial charge in [0.2, 0.25) is 0 Å². The Morgan fingerprint density at radius 1 is 1.09 bits per heavy atom. The van der Waals surface area contributed by atoms with E-state index in [0.717, 1.165) is 10.5 Å². The molecular formula is C25H26N2O7. The Kier molecular flexibility index (Phi) is 5.15. The average Bonchev–Trinajstić information content (AvgIpc) is 3.23. The molecule has 3 heterocycles. The van der Waals surface area contributed by atoms with Crippen LogP contribution in [0.15, 0.2) is 42.5 Å². The van der Waals surface area contributed by atoms with Gasteiger partial charge in [-0.1, -0.05) is 0 Å². The van der Waals surface area contributed by atoms with Gasteiger partial charge in [-0.05, 0) is 50.2 Å². The molecule has 0 spiro atoms. The van der Waals surface area contributed by atoms with Gasteiger partial charge in [0.1, 0.15) is 22.8 Å². The molecule has 3 aliphatic heterocycles. The maximum atomic E-state index is 13.9. The lowest BCUT2D eigenvalue weighted by Gasteiger charge is -2.34. The van der Waals surface area contributed by atoms with Gasteiger partial charge in [-0.3, -0.25) is 9.59 Å². The third-order valence-corrected chi connectivity index (χ3v) is 7.09. The lowest BCUT2D eigenvalue weighted by Crippen LogP contribution is -2.51. The molecule has 0 saturated carbocycles. The molecular weight excluding hydrogens is 440 g/mol. The van der Waals surface area contributed by atoms with E-state index in [1.54, 1.807) is 69.4 Å². The zero-order valence-electron chi connectivity index (χ0n) is 19.4. The van der Waals surface area contributed by atoms with Gasteiger partial charge in [0.25, 0.3) is 5.91 Å². The fraction of sp³-hybridized carbons (Fsp3) is 0.400. The Labute approximate surface area is 197 Å². The number of fused-ring (bicyclic) bond motifs is 5. The molecule has 34 heavy (non-hydrogen) atoms. The van der Waals surface area contributed by atoms with Crippen LogP contribution in [0.3, 0.4) is 0 Å². The molecule has 0 radical (unpaired) electrons. The zero-order chi connectivity index (χ0) is 24.2. The Morgan fingerprint density at radius 3 is 2.41 bits per heavy atom. The summed E-state index contributed by atoms with van der Waals surface area (Å²) >= 11 is 0. The molecule has 2 aromatic carbocycles. The van der Waals surface area contributed by atoms with Crippen molar-refractivity contribution in [2.24, 2.45) is 11.8 Å². The van der Waals surface area contributed by atoms with Crippen LogP contribution in [-0.2, 0) is 14.3 Å². The van der Waals surface area contributed by atoms with Crippen molar-refractivity contribution in [2.75, 3.05) is 32.3 Å². The Balaban J connectivity index is 1.65. The second kappa shape index (κ2) is 7.93. The lowest BCUT2D eigenvalue weighted by atomic mass is 9.77. The highest BCUT2D eigenvalue weighted by molar-refractivity contribution is 6.24. The summed E-state index contributed by atoms with van der Waals surface area (Å²) in [7, 11) is 3.10. The number of anilines is 1. The van der Waals surface area contributed by atoms with E-state index in [2.05, 4.69) is 0 Å². The van der Waals surface area contributed by atoms with Crippen molar-refractivity contribution in [3.63, 3.8) is 0 Å². The maximum absolute atomic E-state index is 13.9. The molecule has 9 nitrogen and oxygen atoms in total. The van der Waals surface area contributed by atoms with Crippen LogP contribution in [0, 0.1) is 11.8 Å². The minimum absolute atomic E-state index is 0.168. The number of rotatable bonds is 5. The predicted octanol–water partition coefficient (Wildman–Crippen LogP) is 3.17. The Bertz CT molecular complexity index is 1160. The van der Waals surface area contributed by atoms with Crippen LogP contribution in [-0.4, -0.2) is 55.8 Å². The van der Waals surface area contributed by atoms with Crippen molar-refractivity contribution in [3.05, 3.63) is 48.0 Å². The first-order valence-electron chi connectivity index (χ1n) is 11.2. The minimum atomic E-state index is -1.43. The molecule has 0 N–H and O–H groups in total. The summed E-state index contributed by atoms with van der Waals surface area (Å²) in [4.78, 5) is 43.7. The number of nitrogens with zero attached hydrogens (tertiary/aromatic N) is 2. The van der Waals surface area contributed by atoms with E-state index in [1.165, 1.54) is 0 Å². The van der Waals surface area contributed by atoms with E-state index < -0.39 is 41.3 Å². The first-order valence-corrected chi connectivity index (χ1v) is 11.2. The SMILES string of the molecule is CCOC(=O)[C@@H]1[C@H]2COc3cc(OC)ccc3[C@@H]2N2C(=O)N(c3ccc(OC)cc3)C(=O)[C@@]12C. The molecule has 178 valence electrons. The molecule has 2 aromatic rings. The second-order valence-corrected chi connectivity index (χ2v) is 8.69. The van der Waals surface area contributed by atoms with Crippen LogP contribution in [0.5, 0.6) is 17.2 Å². The standard InChI is InChI=1S/C25H26N2O7/c1-5-33-22(28)20-18-13-34-19-12-16(32-4)10-11-17(19)21(18)27-24(30)26(23(29)25(20,27)2)14-6-8-15(31-3)9-7-14/h6-12,18,20-21H,5,13H2,1-4H3/t18-,20+,21+,25-/m1/s1. The highest BCUT2D eigenvalue weighted by Gasteiger charge is 2.72. The van der Waals surface area contributed by atoms with Gasteiger partial charge >= 0.3 is 12.0 Å². The molecule has 0 aliphatic carbocycles. The van der Waals surface area contributed by atoms with Crippen molar-refractivity contribution in [1.82, 2.24) is 4.90 Å². The molecule has 3 amide bonds. The molecule has 0 bridgehead atoms. The number of amides is 3. The van der Waals surface area contributed by atoms with E-state index in [4.69, 9.17) is 18.9 Å². The summed E-state index contributed by atoms with van der Waals surface area (Å²) in [6.07, 6.45) is 0. The number of imide groups is 1. The Morgan fingerprint density at radius 2 is 1.76 bits per heavy atom. The Hall–Kier alpha value is -3.75. The number of urea groups is 1. The molecule has 2 saturated heterocycles. The summed E-state index contributed by atoms with van der Waals surface area (Å²) in [5.74, 6) is -0.514. The van der Waals surface area contributed by atoms with Crippen molar-refractivity contribution in [2.45, 2.75) is 25.4 Å². The number of hydrogen-bond donors (Lipinski definition) is 0. The van der Waals surface area contributed by atoms with E-state index in [9.17, 15) is 14.4 Å². The third kappa shape index (κ3) is 2.89. The topological polar surface area (TPSA) is 94.6 Å². The van der Waals surface area contributed by atoms with Gasteiger partial charge < -0.3 is 23.8 Å². The molecule has 9 heteroatoms. The fourth-order valence-corrected chi connectivity index (χ4v) is 5.55. The van der Waals surface area contributed by atoms with E-state index in [-0.39, 0.29) is 13.2 Å². The number of esters is 1. The number of methoxy groups -OCH3 is 2. The lowest BCUT2D eigenvalue weighted by molar-refractivity contribution is -0.154. The quantitative estimate of drug-likeness (QED) is 0.493. The maximum Gasteiger partial charge on any atom is 0.332 e. The van der Waals surface area contributed by atoms with Crippen LogP contribution < -0.4 is 19.1 Å². The van der Waals surface area contributed by atoms with Gasteiger partial charge in [0.15, 0.2) is 0 Å². The van der Waals surface area contributed by atoms with E-state index in [0.29, 0.717) is 22.9 Å². The van der Waals surface area contributed by atoms with Gasteiger partial charge in [-0.15, -0.1) is 0 Å². The van der Waals surface area contributed by atoms with E-state index in [1.807, 2.05) is 6.07 Å². The van der Waals surface area contributed by atoms with Crippen molar-refractivity contribution >= 4 is 23.6 Å². The number of benzene rings is 2. The first kappa shape index (κ1) is 22.1. The normalized spacial score (nSPS) is 27.0. The third-order valence-electron chi connectivity index (χ3n) is 7.09. The number of carbonyl (C=O) groups excluding carboxylic acids is 3. The van der Waals surface area contributed by atoms with Gasteiger partial charge in [-0.2, -0.15) is 0 Å². The van der Waals surface area contributed by atoms with E-state index >= 15 is 0 Å². The number of ether oxygens (including phenoxy) is 4. The van der Waals surface area contributed by atoms with Crippen LogP contribution in [0.2, 0.25) is 0 Å². The zero-order valence-corrected chi connectivity index (χ0v) is 19.4. The predicted molar refractivity (Wildman–Crippen MR) is 121 cm³/mol. The minimum Gasteiger partial charge on any atom is -0.497 e. The van der Waals surface area contributed by atoms with Gasteiger partial charge in [0.05, 0.1) is 45.1 Å². The molecule has 3 aliphatic rings.